The molecule has 1 heterocycles. The van der Waals surface area contributed by atoms with Crippen LogP contribution in [0, 0.1) is 11.3 Å². The molecule has 1 aliphatic rings. The lowest BCUT2D eigenvalue weighted by Crippen LogP contribution is -2.41. The molecule has 0 aromatic carbocycles. The summed E-state index contributed by atoms with van der Waals surface area (Å²) >= 11 is 0. The minimum absolute atomic E-state index is 0.231. The first-order chi connectivity index (χ1) is 7.57. The lowest BCUT2D eigenvalue weighted by molar-refractivity contribution is 0.140. The lowest BCUT2D eigenvalue weighted by atomic mass is 9.92. The Balaban J connectivity index is 2.39. The maximum absolute atomic E-state index is 5.81. The molecular formula is C13H28N2O. The largest absolute Gasteiger partial charge is 0.381 e. The highest BCUT2D eigenvalue weighted by molar-refractivity contribution is 4.77. The van der Waals surface area contributed by atoms with E-state index in [-0.39, 0.29) is 5.41 Å². The molecule has 96 valence electrons. The van der Waals surface area contributed by atoms with E-state index < -0.39 is 0 Å². The van der Waals surface area contributed by atoms with E-state index in [1.165, 1.54) is 25.9 Å². The van der Waals surface area contributed by atoms with E-state index in [2.05, 4.69) is 25.7 Å². The van der Waals surface area contributed by atoms with Gasteiger partial charge in [0.2, 0.25) is 0 Å². The standard InChI is InChI=1S/C13H28N2O/c1-4-6-15(11-13(2,3)10-14)8-12-5-7-16-9-12/h12H,4-11,14H2,1-3H3. The highest BCUT2D eigenvalue weighted by Crippen LogP contribution is 2.19. The van der Waals surface area contributed by atoms with Crippen LogP contribution >= 0.6 is 0 Å². The molecule has 1 rings (SSSR count). The van der Waals surface area contributed by atoms with Crippen molar-refractivity contribution in [3.63, 3.8) is 0 Å². The Labute approximate surface area is 100 Å². The van der Waals surface area contributed by atoms with E-state index in [1.54, 1.807) is 0 Å². The van der Waals surface area contributed by atoms with Crippen LogP contribution in [0.25, 0.3) is 0 Å². The van der Waals surface area contributed by atoms with Gasteiger partial charge in [0.15, 0.2) is 0 Å². The molecule has 0 amide bonds. The van der Waals surface area contributed by atoms with Crippen molar-refractivity contribution >= 4 is 0 Å². The molecule has 1 aliphatic heterocycles. The van der Waals surface area contributed by atoms with Crippen LogP contribution in [0.15, 0.2) is 0 Å². The first-order valence-electron chi connectivity index (χ1n) is 6.57. The molecule has 0 aromatic rings. The molecule has 16 heavy (non-hydrogen) atoms. The van der Waals surface area contributed by atoms with Gasteiger partial charge >= 0.3 is 0 Å². The van der Waals surface area contributed by atoms with Gasteiger partial charge in [0.1, 0.15) is 0 Å². The van der Waals surface area contributed by atoms with Crippen LogP contribution in [0.5, 0.6) is 0 Å². The van der Waals surface area contributed by atoms with Crippen molar-refractivity contribution in [1.29, 1.82) is 0 Å². The minimum Gasteiger partial charge on any atom is -0.381 e. The molecule has 0 aliphatic carbocycles. The minimum atomic E-state index is 0.231. The highest BCUT2D eigenvalue weighted by Gasteiger charge is 2.23. The van der Waals surface area contributed by atoms with Crippen molar-refractivity contribution in [3.05, 3.63) is 0 Å². The molecule has 0 radical (unpaired) electrons. The Kier molecular flexibility index (Phi) is 5.73. The maximum Gasteiger partial charge on any atom is 0.0507 e. The Morgan fingerprint density at radius 1 is 1.44 bits per heavy atom. The van der Waals surface area contributed by atoms with Gasteiger partial charge in [-0.3, -0.25) is 0 Å². The average molecular weight is 228 g/mol. The SMILES string of the molecule is CCCN(CC1CCOC1)CC(C)(C)CN. The van der Waals surface area contributed by atoms with Crippen LogP contribution in [-0.4, -0.2) is 44.3 Å². The number of nitrogens with two attached hydrogens (primary N) is 1. The lowest BCUT2D eigenvalue weighted by Gasteiger charge is -2.33. The highest BCUT2D eigenvalue weighted by atomic mass is 16.5. The predicted octanol–water partition coefficient (Wildman–Crippen LogP) is 1.72. The first-order valence-corrected chi connectivity index (χ1v) is 6.57. The molecular weight excluding hydrogens is 200 g/mol. The number of ether oxygens (including phenoxy) is 1. The molecule has 1 saturated heterocycles. The van der Waals surface area contributed by atoms with E-state index in [9.17, 15) is 0 Å². The van der Waals surface area contributed by atoms with Crippen LogP contribution in [0.2, 0.25) is 0 Å². The Hall–Kier alpha value is -0.120. The maximum atomic E-state index is 5.81. The molecule has 0 saturated carbocycles. The van der Waals surface area contributed by atoms with Crippen molar-refractivity contribution in [2.45, 2.75) is 33.6 Å². The van der Waals surface area contributed by atoms with Crippen molar-refractivity contribution in [2.75, 3.05) is 39.4 Å². The summed E-state index contributed by atoms with van der Waals surface area (Å²) in [5.74, 6) is 0.736. The second-order valence-electron chi connectivity index (χ2n) is 5.83. The summed E-state index contributed by atoms with van der Waals surface area (Å²) in [6, 6.07) is 0. The normalized spacial score (nSPS) is 21.9. The van der Waals surface area contributed by atoms with Gasteiger partial charge < -0.3 is 15.4 Å². The first kappa shape index (κ1) is 13.9. The smallest absolute Gasteiger partial charge is 0.0507 e. The third kappa shape index (κ3) is 4.81. The van der Waals surface area contributed by atoms with Gasteiger partial charge in [0.05, 0.1) is 6.61 Å². The van der Waals surface area contributed by atoms with Crippen LogP contribution in [0.4, 0.5) is 0 Å². The summed E-state index contributed by atoms with van der Waals surface area (Å²) in [6.07, 6.45) is 2.44. The summed E-state index contributed by atoms with van der Waals surface area (Å²) < 4.78 is 5.44. The van der Waals surface area contributed by atoms with Crippen molar-refractivity contribution in [1.82, 2.24) is 4.90 Å². The van der Waals surface area contributed by atoms with E-state index in [1.807, 2.05) is 0 Å². The average Bonchev–Trinajstić information content (AvgIpc) is 2.70. The van der Waals surface area contributed by atoms with Gasteiger partial charge in [-0.25, -0.2) is 0 Å². The third-order valence-electron chi connectivity index (χ3n) is 3.28. The van der Waals surface area contributed by atoms with Gasteiger partial charge in [-0.2, -0.15) is 0 Å². The summed E-state index contributed by atoms with van der Waals surface area (Å²) in [5.41, 5.74) is 6.04. The quantitative estimate of drug-likeness (QED) is 0.721. The predicted molar refractivity (Wildman–Crippen MR) is 68.5 cm³/mol. The van der Waals surface area contributed by atoms with Crippen molar-refractivity contribution < 1.29 is 4.74 Å². The van der Waals surface area contributed by atoms with Crippen LogP contribution in [-0.2, 0) is 4.74 Å². The Bertz CT molecular complexity index is 188. The summed E-state index contributed by atoms with van der Waals surface area (Å²) in [6.45, 7) is 12.9. The summed E-state index contributed by atoms with van der Waals surface area (Å²) in [4.78, 5) is 2.56. The molecule has 1 fully saturated rings. The second-order valence-corrected chi connectivity index (χ2v) is 5.83. The zero-order valence-electron chi connectivity index (χ0n) is 11.2. The van der Waals surface area contributed by atoms with E-state index >= 15 is 0 Å². The monoisotopic (exact) mass is 228 g/mol. The molecule has 1 unspecified atom stereocenters. The zero-order valence-corrected chi connectivity index (χ0v) is 11.2. The van der Waals surface area contributed by atoms with E-state index in [0.717, 1.165) is 32.2 Å². The van der Waals surface area contributed by atoms with Gasteiger partial charge in [-0.1, -0.05) is 20.8 Å². The van der Waals surface area contributed by atoms with Crippen molar-refractivity contribution in [3.8, 4) is 0 Å². The van der Waals surface area contributed by atoms with Gasteiger partial charge in [0.25, 0.3) is 0 Å². The molecule has 3 nitrogen and oxygen atoms in total. The van der Waals surface area contributed by atoms with Gasteiger partial charge in [-0.05, 0) is 37.3 Å². The van der Waals surface area contributed by atoms with Gasteiger partial charge in [-0.15, -0.1) is 0 Å². The second kappa shape index (κ2) is 6.58. The third-order valence-corrected chi connectivity index (χ3v) is 3.28. The van der Waals surface area contributed by atoms with Gasteiger partial charge in [0, 0.05) is 19.7 Å². The van der Waals surface area contributed by atoms with Crippen molar-refractivity contribution in [2.24, 2.45) is 17.1 Å². The van der Waals surface area contributed by atoms with Crippen LogP contribution < -0.4 is 5.73 Å². The molecule has 0 aromatic heterocycles. The fourth-order valence-electron chi connectivity index (χ4n) is 2.31. The molecule has 0 bridgehead atoms. The number of nitrogens with zero attached hydrogens (tertiary/aromatic N) is 1. The fraction of sp³-hybridized carbons (Fsp3) is 1.00. The number of rotatable bonds is 7. The molecule has 1 atom stereocenters. The zero-order chi connectivity index (χ0) is 12.0. The molecule has 0 spiro atoms. The Morgan fingerprint density at radius 3 is 2.69 bits per heavy atom. The summed E-state index contributed by atoms with van der Waals surface area (Å²) in [5, 5.41) is 0. The summed E-state index contributed by atoms with van der Waals surface area (Å²) in [7, 11) is 0. The van der Waals surface area contributed by atoms with E-state index in [4.69, 9.17) is 10.5 Å². The fourth-order valence-corrected chi connectivity index (χ4v) is 2.31. The Morgan fingerprint density at radius 2 is 2.19 bits per heavy atom. The number of hydrogen-bond donors (Lipinski definition) is 1. The van der Waals surface area contributed by atoms with E-state index in [0.29, 0.717) is 0 Å². The van der Waals surface area contributed by atoms with Crippen LogP contribution in [0.3, 0.4) is 0 Å². The molecule has 2 N–H and O–H groups in total. The topological polar surface area (TPSA) is 38.5 Å². The number of hydrogen-bond acceptors (Lipinski definition) is 3. The molecule has 3 heteroatoms. The van der Waals surface area contributed by atoms with Crippen LogP contribution in [0.1, 0.15) is 33.6 Å².